The topological polar surface area (TPSA) is 32.3 Å². The number of nitrogens with one attached hydrogen (secondary N) is 1. The summed E-state index contributed by atoms with van der Waals surface area (Å²) in [6.07, 6.45) is 6.80. The third-order valence-corrected chi connectivity index (χ3v) is 4.16. The maximum absolute atomic E-state index is 12.9. The molecule has 0 unspecified atom stereocenters. The molecule has 0 saturated carbocycles. The molecule has 1 N–H and O–H groups in total. The standard InChI is InChI=1S/C20H21FN2O/c21-17-11-8-16(9-12-17)10-13-20(24)22-18-6-2-3-7-19(18)23-14-4-1-5-15-23/h2-3,6-13H,1,4-5,14-15H2,(H,22,24). The Morgan fingerprint density at radius 2 is 1.71 bits per heavy atom. The molecule has 1 saturated heterocycles. The van der Waals surface area contributed by atoms with E-state index in [0.29, 0.717) is 0 Å². The van der Waals surface area contributed by atoms with E-state index in [9.17, 15) is 9.18 Å². The minimum atomic E-state index is -0.285. The Bertz CT molecular complexity index is 719. The maximum atomic E-state index is 12.9. The minimum Gasteiger partial charge on any atom is -0.370 e. The van der Waals surface area contributed by atoms with Gasteiger partial charge in [-0.25, -0.2) is 4.39 Å². The molecule has 4 heteroatoms. The number of hydrogen-bond donors (Lipinski definition) is 1. The van der Waals surface area contributed by atoms with Crippen molar-refractivity contribution in [3.63, 3.8) is 0 Å². The zero-order valence-electron chi connectivity index (χ0n) is 13.5. The van der Waals surface area contributed by atoms with E-state index in [1.54, 1.807) is 18.2 Å². The summed E-state index contributed by atoms with van der Waals surface area (Å²) in [5.74, 6) is -0.476. The molecule has 1 fully saturated rings. The molecule has 2 aromatic carbocycles. The van der Waals surface area contributed by atoms with Crippen LogP contribution in [-0.4, -0.2) is 19.0 Å². The van der Waals surface area contributed by atoms with E-state index in [2.05, 4.69) is 10.2 Å². The molecule has 24 heavy (non-hydrogen) atoms. The number of nitrogens with zero attached hydrogens (tertiary/aromatic N) is 1. The summed E-state index contributed by atoms with van der Waals surface area (Å²) >= 11 is 0. The minimum absolute atomic E-state index is 0.191. The van der Waals surface area contributed by atoms with E-state index in [-0.39, 0.29) is 11.7 Å². The number of rotatable bonds is 4. The fourth-order valence-corrected chi connectivity index (χ4v) is 2.91. The highest BCUT2D eigenvalue weighted by atomic mass is 19.1. The van der Waals surface area contributed by atoms with Gasteiger partial charge in [0.05, 0.1) is 11.4 Å². The SMILES string of the molecule is O=C(C=Cc1ccc(F)cc1)Nc1ccccc1N1CCCCC1. The first-order valence-corrected chi connectivity index (χ1v) is 8.31. The number of benzene rings is 2. The van der Waals surface area contributed by atoms with Crippen LogP contribution in [0.2, 0.25) is 0 Å². The first-order chi connectivity index (χ1) is 11.7. The van der Waals surface area contributed by atoms with Gasteiger partial charge in [0.2, 0.25) is 5.91 Å². The Labute approximate surface area is 141 Å². The lowest BCUT2D eigenvalue weighted by molar-refractivity contribution is -0.111. The van der Waals surface area contributed by atoms with Crippen LogP contribution in [0, 0.1) is 5.82 Å². The van der Waals surface area contributed by atoms with Gasteiger partial charge in [0.25, 0.3) is 0 Å². The molecule has 1 aliphatic rings. The Kier molecular flexibility index (Phi) is 5.26. The predicted octanol–water partition coefficient (Wildman–Crippen LogP) is 4.47. The predicted molar refractivity (Wildman–Crippen MR) is 96.6 cm³/mol. The molecule has 0 aliphatic carbocycles. The van der Waals surface area contributed by atoms with Crippen LogP contribution in [0.15, 0.2) is 54.6 Å². The van der Waals surface area contributed by atoms with Crippen LogP contribution in [0.5, 0.6) is 0 Å². The highest BCUT2D eigenvalue weighted by Crippen LogP contribution is 2.28. The second-order valence-electron chi connectivity index (χ2n) is 5.94. The summed E-state index contributed by atoms with van der Waals surface area (Å²) in [5.41, 5.74) is 2.68. The third-order valence-electron chi connectivity index (χ3n) is 4.16. The molecule has 0 spiro atoms. The average Bonchev–Trinajstić information content (AvgIpc) is 2.62. The fourth-order valence-electron chi connectivity index (χ4n) is 2.91. The van der Waals surface area contributed by atoms with Gasteiger partial charge < -0.3 is 10.2 Å². The second-order valence-corrected chi connectivity index (χ2v) is 5.94. The smallest absolute Gasteiger partial charge is 0.248 e. The van der Waals surface area contributed by atoms with Crippen LogP contribution in [0.4, 0.5) is 15.8 Å². The number of anilines is 2. The Morgan fingerprint density at radius 1 is 1.00 bits per heavy atom. The average molecular weight is 324 g/mol. The van der Waals surface area contributed by atoms with E-state index in [4.69, 9.17) is 0 Å². The number of halogens is 1. The fraction of sp³-hybridized carbons (Fsp3) is 0.250. The lowest BCUT2D eigenvalue weighted by Crippen LogP contribution is -2.30. The molecule has 3 rings (SSSR count). The van der Waals surface area contributed by atoms with Crippen LogP contribution in [-0.2, 0) is 4.79 Å². The molecule has 0 atom stereocenters. The van der Waals surface area contributed by atoms with Crippen molar-refractivity contribution >= 4 is 23.4 Å². The van der Waals surface area contributed by atoms with E-state index in [1.165, 1.54) is 37.5 Å². The highest BCUT2D eigenvalue weighted by Gasteiger charge is 2.14. The number of hydrogen-bond acceptors (Lipinski definition) is 2. The van der Waals surface area contributed by atoms with Gasteiger partial charge in [-0.1, -0.05) is 24.3 Å². The van der Waals surface area contributed by atoms with E-state index < -0.39 is 0 Å². The van der Waals surface area contributed by atoms with Crippen molar-refractivity contribution < 1.29 is 9.18 Å². The summed E-state index contributed by atoms with van der Waals surface area (Å²) in [5, 5.41) is 2.95. The van der Waals surface area contributed by atoms with Crippen molar-refractivity contribution in [3.8, 4) is 0 Å². The van der Waals surface area contributed by atoms with Gasteiger partial charge >= 0.3 is 0 Å². The van der Waals surface area contributed by atoms with Crippen LogP contribution in [0.1, 0.15) is 24.8 Å². The molecule has 124 valence electrons. The van der Waals surface area contributed by atoms with Gasteiger partial charge in [0.1, 0.15) is 5.82 Å². The monoisotopic (exact) mass is 324 g/mol. The summed E-state index contributed by atoms with van der Waals surface area (Å²) in [6.45, 7) is 2.05. The van der Waals surface area contributed by atoms with E-state index >= 15 is 0 Å². The molecule has 2 aromatic rings. The molecular weight excluding hydrogens is 303 g/mol. The van der Waals surface area contributed by atoms with Crippen molar-refractivity contribution in [2.24, 2.45) is 0 Å². The molecule has 1 amide bonds. The quantitative estimate of drug-likeness (QED) is 0.842. The van der Waals surface area contributed by atoms with Crippen molar-refractivity contribution in [2.45, 2.75) is 19.3 Å². The zero-order valence-corrected chi connectivity index (χ0v) is 13.5. The van der Waals surface area contributed by atoms with E-state index in [1.807, 2.05) is 24.3 Å². The molecule has 0 aromatic heterocycles. The van der Waals surface area contributed by atoms with Gasteiger partial charge in [-0.15, -0.1) is 0 Å². The number of amides is 1. The maximum Gasteiger partial charge on any atom is 0.248 e. The molecule has 0 radical (unpaired) electrons. The number of carbonyl (C=O) groups is 1. The summed E-state index contributed by atoms with van der Waals surface area (Å²) < 4.78 is 12.9. The van der Waals surface area contributed by atoms with Crippen molar-refractivity contribution in [2.75, 3.05) is 23.3 Å². The lowest BCUT2D eigenvalue weighted by atomic mass is 10.1. The van der Waals surface area contributed by atoms with Gasteiger partial charge in [0.15, 0.2) is 0 Å². The van der Waals surface area contributed by atoms with Crippen LogP contribution < -0.4 is 10.2 Å². The summed E-state index contributed by atoms with van der Waals surface area (Å²) in [7, 11) is 0. The third kappa shape index (κ3) is 4.22. The van der Waals surface area contributed by atoms with Gasteiger partial charge in [-0.05, 0) is 55.2 Å². The number of para-hydroxylation sites is 2. The van der Waals surface area contributed by atoms with Crippen LogP contribution >= 0.6 is 0 Å². The molecular formula is C20H21FN2O. The van der Waals surface area contributed by atoms with Gasteiger partial charge in [-0.2, -0.15) is 0 Å². The van der Waals surface area contributed by atoms with Gasteiger partial charge in [-0.3, -0.25) is 4.79 Å². The Hall–Kier alpha value is -2.62. The van der Waals surface area contributed by atoms with Crippen molar-refractivity contribution in [1.82, 2.24) is 0 Å². The Balaban J connectivity index is 1.69. The van der Waals surface area contributed by atoms with Crippen molar-refractivity contribution in [3.05, 3.63) is 66.0 Å². The molecule has 1 aliphatic heterocycles. The highest BCUT2D eigenvalue weighted by molar-refractivity contribution is 6.03. The first-order valence-electron chi connectivity index (χ1n) is 8.31. The summed E-state index contributed by atoms with van der Waals surface area (Å²) in [6, 6.07) is 13.9. The van der Waals surface area contributed by atoms with Crippen LogP contribution in [0.25, 0.3) is 6.08 Å². The van der Waals surface area contributed by atoms with Crippen molar-refractivity contribution in [1.29, 1.82) is 0 Å². The molecule has 0 bridgehead atoms. The number of piperidine rings is 1. The molecule has 3 nitrogen and oxygen atoms in total. The zero-order chi connectivity index (χ0) is 16.8. The Morgan fingerprint density at radius 3 is 2.46 bits per heavy atom. The first kappa shape index (κ1) is 16.2. The second kappa shape index (κ2) is 7.77. The molecule has 1 heterocycles. The normalized spacial score (nSPS) is 14.8. The van der Waals surface area contributed by atoms with Crippen LogP contribution in [0.3, 0.4) is 0 Å². The van der Waals surface area contributed by atoms with E-state index in [0.717, 1.165) is 30.0 Å². The largest absolute Gasteiger partial charge is 0.370 e. The lowest BCUT2D eigenvalue weighted by Gasteiger charge is -2.30. The summed E-state index contributed by atoms with van der Waals surface area (Å²) in [4.78, 5) is 14.5. The van der Waals surface area contributed by atoms with Gasteiger partial charge in [0, 0.05) is 19.2 Å². The number of carbonyl (C=O) groups excluding carboxylic acids is 1.